The van der Waals surface area contributed by atoms with Crippen molar-refractivity contribution in [2.75, 3.05) is 0 Å². The molecule has 0 atom stereocenters. The molecule has 1 aromatic rings. The van der Waals surface area contributed by atoms with Crippen LogP contribution in [0.2, 0.25) is 0 Å². The van der Waals surface area contributed by atoms with Crippen LogP contribution in [0, 0.1) is 0 Å². The van der Waals surface area contributed by atoms with Gasteiger partial charge in [-0.3, -0.25) is 0 Å². The Labute approximate surface area is 199 Å². The van der Waals surface area contributed by atoms with E-state index in [4.69, 9.17) is 0 Å². The quantitative estimate of drug-likeness (QED) is 0.545. The SMILES string of the molecule is C=CC(C)=c1c(=C(C=C)C=C)c(=C(C=C)C=C)c(=C(C)C)c(=C(C=C)C=C)c1=C(C=C)C=C. The lowest BCUT2D eigenvalue weighted by atomic mass is 9.91. The zero-order chi connectivity index (χ0) is 25.3. The third kappa shape index (κ3) is 4.96. The largest absolute Gasteiger partial charge is 0.0988 e. The van der Waals surface area contributed by atoms with Crippen molar-refractivity contribution in [2.45, 2.75) is 20.8 Å². The summed E-state index contributed by atoms with van der Waals surface area (Å²) in [6.07, 6.45) is 16.4. The van der Waals surface area contributed by atoms with Crippen LogP contribution < -0.4 is 31.3 Å². The van der Waals surface area contributed by atoms with Crippen LogP contribution in [-0.4, -0.2) is 0 Å². The number of hydrogen-bond donors (Lipinski definition) is 0. The van der Waals surface area contributed by atoms with Gasteiger partial charge in [0.1, 0.15) is 0 Å². The summed E-state index contributed by atoms with van der Waals surface area (Å²) < 4.78 is 0. The molecule has 0 aromatic heterocycles. The highest BCUT2D eigenvalue weighted by atomic mass is 14.1. The molecular weight excluding hydrogens is 396 g/mol. The van der Waals surface area contributed by atoms with Crippen molar-refractivity contribution in [1.29, 1.82) is 0 Å². The van der Waals surface area contributed by atoms with Crippen molar-refractivity contribution in [1.82, 2.24) is 0 Å². The van der Waals surface area contributed by atoms with Crippen molar-refractivity contribution >= 4 is 33.4 Å². The molecule has 0 amide bonds. The van der Waals surface area contributed by atoms with Gasteiger partial charge >= 0.3 is 0 Å². The van der Waals surface area contributed by atoms with Gasteiger partial charge in [-0.2, -0.15) is 0 Å². The second-order valence-corrected chi connectivity index (χ2v) is 7.59. The third-order valence-electron chi connectivity index (χ3n) is 5.61. The average molecular weight is 433 g/mol. The Morgan fingerprint density at radius 3 is 0.788 bits per heavy atom. The molecule has 0 fully saturated rings. The lowest BCUT2D eigenvalue weighted by Crippen LogP contribution is -2.68. The normalized spacial score (nSPS) is 9.55. The predicted octanol–water partition coefficient (Wildman–Crippen LogP) is 4.32. The van der Waals surface area contributed by atoms with Gasteiger partial charge in [-0.25, -0.2) is 0 Å². The van der Waals surface area contributed by atoms with Gasteiger partial charge < -0.3 is 0 Å². The molecule has 0 bridgehead atoms. The summed E-state index contributed by atoms with van der Waals surface area (Å²) in [5, 5.41) is 6.00. The Balaban J connectivity index is 5.91. The van der Waals surface area contributed by atoms with Crippen molar-refractivity contribution in [3.63, 3.8) is 0 Å². The first-order valence-electron chi connectivity index (χ1n) is 10.8. The molecule has 0 spiro atoms. The molecule has 1 rings (SSSR count). The third-order valence-corrected chi connectivity index (χ3v) is 5.61. The molecule has 0 nitrogen and oxygen atoms in total. The van der Waals surface area contributed by atoms with E-state index in [1.54, 1.807) is 0 Å². The monoisotopic (exact) mass is 432 g/mol. The second kappa shape index (κ2) is 12.2. The minimum absolute atomic E-state index is 0.893. The molecule has 0 saturated heterocycles. The molecule has 0 N–H and O–H groups in total. The van der Waals surface area contributed by atoms with E-state index in [0.717, 1.165) is 64.8 Å². The zero-order valence-electron chi connectivity index (χ0n) is 20.6. The zero-order valence-corrected chi connectivity index (χ0v) is 20.6. The molecule has 0 saturated carbocycles. The predicted molar refractivity (Wildman–Crippen MR) is 153 cm³/mol. The molecule has 0 aliphatic rings. The lowest BCUT2D eigenvalue weighted by Gasteiger charge is -2.12. The van der Waals surface area contributed by atoms with E-state index < -0.39 is 0 Å². The fourth-order valence-corrected chi connectivity index (χ4v) is 4.05. The highest BCUT2D eigenvalue weighted by molar-refractivity contribution is 5.77. The summed E-state index contributed by atoms with van der Waals surface area (Å²) >= 11 is 0. The molecule has 1 aromatic carbocycles. The summed E-state index contributed by atoms with van der Waals surface area (Å²) in [6, 6.07) is 0. The van der Waals surface area contributed by atoms with Crippen LogP contribution in [0.5, 0.6) is 0 Å². The highest BCUT2D eigenvalue weighted by Gasteiger charge is 2.10. The second-order valence-electron chi connectivity index (χ2n) is 7.59. The average Bonchev–Trinajstić information content (AvgIpc) is 2.82. The van der Waals surface area contributed by atoms with Gasteiger partial charge in [-0.1, -0.05) is 119 Å². The fraction of sp³-hybridized carbons (Fsp3) is 0.0909. The highest BCUT2D eigenvalue weighted by Crippen LogP contribution is 1.99. The van der Waals surface area contributed by atoms with E-state index in [9.17, 15) is 0 Å². The topological polar surface area (TPSA) is 0 Å². The minimum Gasteiger partial charge on any atom is -0.0988 e. The maximum absolute atomic E-state index is 4.07. The van der Waals surface area contributed by atoms with Crippen LogP contribution in [0.1, 0.15) is 20.8 Å². The Morgan fingerprint density at radius 1 is 0.364 bits per heavy atom. The molecule has 0 aliphatic heterocycles. The van der Waals surface area contributed by atoms with E-state index in [2.05, 4.69) is 73.1 Å². The van der Waals surface area contributed by atoms with Crippen LogP contribution in [0.25, 0.3) is 33.4 Å². The molecule has 33 heavy (non-hydrogen) atoms. The summed E-state index contributed by atoms with van der Waals surface area (Å²) in [5.74, 6) is 0. The standard InChI is InChI=1S/C33H36/c1-13-23(12)29-32(26(18-6)19-7)30(24(14-2)15-3)28(22(10)11)31(25(16-4)17-5)33(29)27(20-8)21-9/h13-21H,1-9H2,10-12H3. The summed E-state index contributed by atoms with van der Waals surface area (Å²) in [7, 11) is 0. The van der Waals surface area contributed by atoms with Crippen molar-refractivity contribution < 1.29 is 0 Å². The van der Waals surface area contributed by atoms with Crippen molar-refractivity contribution in [3.8, 4) is 0 Å². The number of rotatable bonds is 9. The summed E-state index contributed by atoms with van der Waals surface area (Å²) in [6.45, 7) is 42.9. The van der Waals surface area contributed by atoms with E-state index in [-0.39, 0.29) is 0 Å². The van der Waals surface area contributed by atoms with Crippen LogP contribution in [0.3, 0.4) is 0 Å². The molecule has 168 valence electrons. The Hall–Kier alpha value is -3.90. The Morgan fingerprint density at radius 2 is 0.606 bits per heavy atom. The maximum atomic E-state index is 4.07. The van der Waals surface area contributed by atoms with Gasteiger partial charge in [0.2, 0.25) is 0 Å². The van der Waals surface area contributed by atoms with Crippen molar-refractivity contribution in [2.24, 2.45) is 0 Å². The van der Waals surface area contributed by atoms with Crippen LogP contribution in [-0.2, 0) is 0 Å². The fourth-order valence-electron chi connectivity index (χ4n) is 4.05. The molecular formula is C33H36. The van der Waals surface area contributed by atoms with Gasteiger partial charge in [0.15, 0.2) is 0 Å². The van der Waals surface area contributed by atoms with Crippen LogP contribution in [0.4, 0.5) is 0 Å². The van der Waals surface area contributed by atoms with E-state index in [1.165, 1.54) is 0 Å². The first-order chi connectivity index (χ1) is 15.8. The lowest BCUT2D eigenvalue weighted by molar-refractivity contribution is 1.24. The van der Waals surface area contributed by atoms with Gasteiger partial charge in [0, 0.05) is 0 Å². The van der Waals surface area contributed by atoms with Crippen molar-refractivity contribution in [3.05, 3.63) is 145 Å². The maximum Gasteiger partial charge on any atom is -0.00179 e. The smallest absolute Gasteiger partial charge is 0.00179 e. The van der Waals surface area contributed by atoms with Gasteiger partial charge in [0.05, 0.1) is 0 Å². The summed E-state index contributed by atoms with van der Waals surface area (Å²) in [5.41, 5.74) is 5.70. The van der Waals surface area contributed by atoms with Crippen LogP contribution >= 0.6 is 0 Å². The van der Waals surface area contributed by atoms with E-state index in [1.807, 2.05) is 61.6 Å². The minimum atomic E-state index is 0.893. The number of allylic oxidation sites excluding steroid dienone is 9. The Kier molecular flexibility index (Phi) is 10.0. The number of benzene rings is 1. The van der Waals surface area contributed by atoms with Gasteiger partial charge in [0.25, 0.3) is 0 Å². The van der Waals surface area contributed by atoms with Gasteiger partial charge in [-0.05, 0) is 79.9 Å². The number of hydrogen-bond acceptors (Lipinski definition) is 0. The van der Waals surface area contributed by atoms with E-state index in [0.29, 0.717) is 0 Å². The molecule has 0 unspecified atom stereocenters. The molecule has 0 heterocycles. The molecule has 0 radical (unpaired) electrons. The molecule has 0 aliphatic carbocycles. The summed E-state index contributed by atoms with van der Waals surface area (Å²) in [4.78, 5) is 0. The molecule has 0 heteroatoms. The first-order valence-corrected chi connectivity index (χ1v) is 10.8. The van der Waals surface area contributed by atoms with E-state index >= 15 is 0 Å². The van der Waals surface area contributed by atoms with Gasteiger partial charge in [-0.15, -0.1) is 0 Å². The van der Waals surface area contributed by atoms with Crippen LogP contribution in [0.15, 0.2) is 114 Å². The first kappa shape index (κ1) is 27.1. The Bertz CT molecular complexity index is 1320.